The molecule has 3 aromatic rings. The Morgan fingerprint density at radius 1 is 1.21 bits per heavy atom. The fraction of sp³-hybridized carbons (Fsp3) is 0.154. The first-order valence-electron chi connectivity index (χ1n) is 6.56. The van der Waals surface area contributed by atoms with Crippen LogP contribution in [0.2, 0.25) is 5.02 Å². The lowest BCUT2D eigenvalue weighted by molar-refractivity contribution is -0.115. The third kappa shape index (κ3) is 4.69. The predicted octanol–water partition coefficient (Wildman–Crippen LogP) is 3.11. The van der Waals surface area contributed by atoms with Crippen molar-refractivity contribution in [3.05, 3.63) is 35.1 Å². The molecule has 0 aliphatic rings. The average molecular weight is 400 g/mol. The summed E-state index contributed by atoms with van der Waals surface area (Å²) in [6, 6.07) is 7.17. The van der Waals surface area contributed by atoms with Crippen LogP contribution in [0.1, 0.15) is 5.82 Å². The summed E-state index contributed by atoms with van der Waals surface area (Å²) in [6.45, 7) is 0. The molecule has 24 heavy (non-hydrogen) atoms. The second-order valence-electron chi connectivity index (χ2n) is 4.40. The number of amides is 1. The number of primary amides is 1. The minimum Gasteiger partial charge on any atom is -0.369 e. The van der Waals surface area contributed by atoms with E-state index < -0.39 is 0 Å². The third-order valence-corrected chi connectivity index (χ3v) is 6.07. The molecule has 0 saturated carbocycles. The van der Waals surface area contributed by atoms with Crippen LogP contribution in [0.25, 0.3) is 11.5 Å². The van der Waals surface area contributed by atoms with E-state index in [0.717, 1.165) is 9.90 Å². The van der Waals surface area contributed by atoms with Gasteiger partial charge in [-0.1, -0.05) is 51.6 Å². The van der Waals surface area contributed by atoms with E-state index in [1.165, 1.54) is 34.9 Å². The Kier molecular flexibility index (Phi) is 5.72. The number of nitrogens with zero attached hydrogens (tertiary/aromatic N) is 4. The number of hydrogen-bond acceptors (Lipinski definition) is 9. The first-order valence-corrected chi connectivity index (χ1v) is 9.72. The Labute approximate surface area is 154 Å². The summed E-state index contributed by atoms with van der Waals surface area (Å²) in [5.41, 5.74) is 5.91. The largest absolute Gasteiger partial charge is 0.369 e. The summed E-state index contributed by atoms with van der Waals surface area (Å²) in [5.74, 6) is 1.32. The molecular weight excluding hydrogens is 390 g/mol. The van der Waals surface area contributed by atoms with E-state index in [-0.39, 0.29) is 11.7 Å². The smallest absolute Gasteiger partial charge is 0.257 e. The SMILES string of the molecule is NC(=O)CSc1nnc(SCc2noc(-c3ccc(Cl)cc3)n2)s1. The van der Waals surface area contributed by atoms with E-state index in [2.05, 4.69) is 20.3 Å². The second kappa shape index (κ2) is 7.97. The lowest BCUT2D eigenvalue weighted by Gasteiger charge is -1.93. The van der Waals surface area contributed by atoms with E-state index >= 15 is 0 Å². The molecule has 1 amide bonds. The van der Waals surface area contributed by atoms with Gasteiger partial charge in [-0.15, -0.1) is 10.2 Å². The van der Waals surface area contributed by atoms with E-state index in [1.54, 1.807) is 12.1 Å². The van der Waals surface area contributed by atoms with Crippen LogP contribution in [-0.4, -0.2) is 32.0 Å². The Balaban J connectivity index is 1.57. The van der Waals surface area contributed by atoms with Gasteiger partial charge in [-0.3, -0.25) is 4.79 Å². The highest BCUT2D eigenvalue weighted by atomic mass is 35.5. The minimum absolute atomic E-state index is 0.189. The quantitative estimate of drug-likeness (QED) is 0.603. The third-order valence-electron chi connectivity index (χ3n) is 2.61. The molecule has 3 rings (SSSR count). The molecule has 7 nitrogen and oxygen atoms in total. The van der Waals surface area contributed by atoms with Crippen molar-refractivity contribution in [1.29, 1.82) is 0 Å². The molecule has 2 N–H and O–H groups in total. The van der Waals surface area contributed by atoms with Crippen molar-refractivity contribution >= 4 is 52.4 Å². The van der Waals surface area contributed by atoms with Crippen molar-refractivity contribution in [3.63, 3.8) is 0 Å². The van der Waals surface area contributed by atoms with Crippen LogP contribution >= 0.6 is 46.5 Å². The molecule has 124 valence electrons. The fourth-order valence-electron chi connectivity index (χ4n) is 1.60. The number of thioether (sulfide) groups is 2. The van der Waals surface area contributed by atoms with Crippen LogP contribution in [0.4, 0.5) is 0 Å². The van der Waals surface area contributed by atoms with Gasteiger partial charge >= 0.3 is 0 Å². The molecule has 0 saturated heterocycles. The number of halogens is 1. The van der Waals surface area contributed by atoms with E-state index in [1.807, 2.05) is 12.1 Å². The normalized spacial score (nSPS) is 10.9. The molecule has 0 radical (unpaired) electrons. The lowest BCUT2D eigenvalue weighted by Crippen LogP contribution is -2.12. The standard InChI is InChI=1S/C13H10ClN5O2S3/c14-8-3-1-7(2-4-8)11-16-10(19-21-11)6-23-13-18-17-12(24-13)22-5-9(15)20/h1-4H,5-6H2,(H2,15,20). The number of rotatable bonds is 7. The maximum absolute atomic E-state index is 10.7. The van der Waals surface area contributed by atoms with Gasteiger partial charge in [0.1, 0.15) is 0 Å². The highest BCUT2D eigenvalue weighted by Crippen LogP contribution is 2.30. The van der Waals surface area contributed by atoms with Crippen LogP contribution < -0.4 is 5.73 Å². The molecule has 0 spiro atoms. The van der Waals surface area contributed by atoms with Gasteiger partial charge < -0.3 is 10.3 Å². The summed E-state index contributed by atoms with van der Waals surface area (Å²) >= 11 is 9.97. The predicted molar refractivity (Wildman–Crippen MR) is 94.1 cm³/mol. The molecule has 2 heterocycles. The number of aromatic nitrogens is 4. The minimum atomic E-state index is -0.383. The first kappa shape index (κ1) is 17.2. The monoisotopic (exact) mass is 399 g/mol. The van der Waals surface area contributed by atoms with Crippen LogP contribution in [-0.2, 0) is 10.5 Å². The molecule has 0 bridgehead atoms. The Bertz CT molecular complexity index is 836. The molecule has 0 unspecified atom stereocenters. The van der Waals surface area contributed by atoms with Crippen molar-refractivity contribution in [3.8, 4) is 11.5 Å². The highest BCUT2D eigenvalue weighted by Gasteiger charge is 2.11. The van der Waals surface area contributed by atoms with Crippen molar-refractivity contribution in [2.45, 2.75) is 14.4 Å². The van der Waals surface area contributed by atoms with Gasteiger partial charge in [-0.2, -0.15) is 4.98 Å². The number of nitrogens with two attached hydrogens (primary N) is 1. The molecule has 0 fully saturated rings. The summed E-state index contributed by atoms with van der Waals surface area (Å²) in [7, 11) is 0. The Morgan fingerprint density at radius 3 is 2.62 bits per heavy atom. The summed E-state index contributed by atoms with van der Waals surface area (Å²) < 4.78 is 6.71. The van der Waals surface area contributed by atoms with E-state index in [9.17, 15) is 4.79 Å². The summed E-state index contributed by atoms with van der Waals surface area (Å²) in [5, 5.41) is 12.6. The van der Waals surface area contributed by atoms with Crippen LogP contribution in [0.5, 0.6) is 0 Å². The van der Waals surface area contributed by atoms with Crippen molar-refractivity contribution in [1.82, 2.24) is 20.3 Å². The molecule has 0 aliphatic heterocycles. The van der Waals surface area contributed by atoms with Gasteiger partial charge in [0, 0.05) is 10.6 Å². The van der Waals surface area contributed by atoms with Gasteiger partial charge in [0.05, 0.1) is 11.5 Å². The van der Waals surface area contributed by atoms with Gasteiger partial charge in [0.2, 0.25) is 5.91 Å². The Morgan fingerprint density at radius 2 is 1.92 bits per heavy atom. The van der Waals surface area contributed by atoms with Gasteiger partial charge in [0.25, 0.3) is 5.89 Å². The zero-order valence-corrected chi connectivity index (χ0v) is 15.2. The molecule has 11 heteroatoms. The summed E-state index contributed by atoms with van der Waals surface area (Å²) in [4.78, 5) is 15.1. The fourth-order valence-corrected chi connectivity index (χ4v) is 4.32. The molecule has 2 aromatic heterocycles. The van der Waals surface area contributed by atoms with Crippen LogP contribution in [0.3, 0.4) is 0 Å². The van der Waals surface area contributed by atoms with Crippen LogP contribution in [0.15, 0.2) is 37.5 Å². The second-order valence-corrected chi connectivity index (χ2v) is 8.26. The average Bonchev–Trinajstić information content (AvgIpc) is 3.21. The molecule has 1 aromatic carbocycles. The summed E-state index contributed by atoms with van der Waals surface area (Å²) in [6.07, 6.45) is 0. The van der Waals surface area contributed by atoms with Gasteiger partial charge in [0.15, 0.2) is 14.5 Å². The highest BCUT2D eigenvalue weighted by molar-refractivity contribution is 8.03. The van der Waals surface area contributed by atoms with Gasteiger partial charge in [-0.05, 0) is 24.3 Å². The maximum atomic E-state index is 10.7. The van der Waals surface area contributed by atoms with E-state index in [0.29, 0.717) is 26.8 Å². The molecule has 0 atom stereocenters. The van der Waals surface area contributed by atoms with Crippen LogP contribution in [0, 0.1) is 0 Å². The number of benzene rings is 1. The Hall–Kier alpha value is -1.62. The molecule has 0 aliphatic carbocycles. The zero-order chi connectivity index (χ0) is 16.9. The number of hydrogen-bond donors (Lipinski definition) is 1. The topological polar surface area (TPSA) is 108 Å². The van der Waals surface area contributed by atoms with Gasteiger partial charge in [-0.25, -0.2) is 0 Å². The van der Waals surface area contributed by atoms with Crippen molar-refractivity contribution < 1.29 is 9.32 Å². The zero-order valence-electron chi connectivity index (χ0n) is 12.0. The van der Waals surface area contributed by atoms with Crippen molar-refractivity contribution in [2.24, 2.45) is 5.73 Å². The number of carbonyl (C=O) groups is 1. The maximum Gasteiger partial charge on any atom is 0.257 e. The lowest BCUT2D eigenvalue weighted by atomic mass is 10.2. The van der Waals surface area contributed by atoms with Crippen molar-refractivity contribution in [2.75, 3.05) is 5.75 Å². The molecular formula is C13H10ClN5O2S3. The van der Waals surface area contributed by atoms with E-state index in [4.69, 9.17) is 21.9 Å². The first-order chi connectivity index (χ1) is 11.6. The number of carbonyl (C=O) groups excluding carboxylic acids is 1.